The van der Waals surface area contributed by atoms with E-state index in [0.29, 0.717) is 5.56 Å². The molecule has 0 heterocycles. The predicted octanol–water partition coefficient (Wildman–Crippen LogP) is 2.80. The first-order valence-electron chi connectivity index (χ1n) is 4.80. The molecule has 0 saturated heterocycles. The second-order valence-electron chi connectivity index (χ2n) is 3.23. The van der Waals surface area contributed by atoms with Gasteiger partial charge in [0.2, 0.25) is 0 Å². The van der Waals surface area contributed by atoms with E-state index in [1.54, 1.807) is 0 Å². The molecule has 0 fully saturated rings. The number of hydrogen-bond donors (Lipinski definition) is 0. The first-order chi connectivity index (χ1) is 7.92. The van der Waals surface area contributed by atoms with Gasteiger partial charge in [-0.3, -0.25) is 0 Å². The Hall–Kier alpha value is -1.72. The Morgan fingerprint density at radius 1 is 1.24 bits per heavy atom. The van der Waals surface area contributed by atoms with Crippen molar-refractivity contribution in [1.82, 2.24) is 0 Å². The van der Waals surface area contributed by atoms with Crippen LogP contribution in [0.2, 0.25) is 0 Å². The third-order valence-electron chi connectivity index (χ3n) is 1.93. The van der Waals surface area contributed by atoms with Gasteiger partial charge in [-0.1, -0.05) is 0 Å². The molecule has 0 aliphatic carbocycles. The molecule has 94 valence electrons. The number of rotatable bonds is 4. The first kappa shape index (κ1) is 13.3. The molecule has 0 radical (unpaired) electrons. The standard InChI is InChI=1S/C11H11F3O3/c1-16-10(15)8-2-4-9(5-3-8)17-7-6-11(12,13)14/h2-5H,6-7H2,1H3. The molecule has 0 aliphatic heterocycles. The lowest BCUT2D eigenvalue weighted by molar-refractivity contribution is -0.139. The van der Waals surface area contributed by atoms with Crippen molar-refractivity contribution < 1.29 is 27.4 Å². The molecule has 0 spiro atoms. The van der Waals surface area contributed by atoms with E-state index in [1.165, 1.54) is 31.4 Å². The molecule has 17 heavy (non-hydrogen) atoms. The number of methoxy groups -OCH3 is 1. The van der Waals surface area contributed by atoms with Gasteiger partial charge in [0, 0.05) is 0 Å². The van der Waals surface area contributed by atoms with E-state index in [-0.39, 0.29) is 5.75 Å². The minimum atomic E-state index is -4.23. The molecule has 0 aliphatic rings. The summed E-state index contributed by atoms with van der Waals surface area (Å²) < 4.78 is 44.9. The van der Waals surface area contributed by atoms with Crippen LogP contribution in [0.5, 0.6) is 5.75 Å². The highest BCUT2D eigenvalue weighted by Crippen LogP contribution is 2.20. The second-order valence-corrected chi connectivity index (χ2v) is 3.23. The van der Waals surface area contributed by atoms with Crippen molar-refractivity contribution in [1.29, 1.82) is 0 Å². The summed E-state index contributed by atoms with van der Waals surface area (Å²) in [5, 5.41) is 0. The van der Waals surface area contributed by atoms with E-state index in [2.05, 4.69) is 4.74 Å². The number of ether oxygens (including phenoxy) is 2. The molecule has 3 nitrogen and oxygen atoms in total. The molecule has 0 bridgehead atoms. The van der Waals surface area contributed by atoms with Gasteiger partial charge in [-0.05, 0) is 24.3 Å². The van der Waals surface area contributed by atoms with Gasteiger partial charge in [0.1, 0.15) is 5.75 Å². The van der Waals surface area contributed by atoms with Crippen LogP contribution in [0, 0.1) is 0 Å². The zero-order valence-electron chi connectivity index (χ0n) is 9.08. The Balaban J connectivity index is 2.49. The van der Waals surface area contributed by atoms with Crippen molar-refractivity contribution in [2.75, 3.05) is 13.7 Å². The molecule has 0 amide bonds. The van der Waals surface area contributed by atoms with E-state index in [1.807, 2.05) is 0 Å². The third kappa shape index (κ3) is 4.76. The van der Waals surface area contributed by atoms with E-state index in [4.69, 9.17) is 4.74 Å². The molecule has 0 saturated carbocycles. The Morgan fingerprint density at radius 2 is 1.82 bits per heavy atom. The topological polar surface area (TPSA) is 35.5 Å². The molecule has 1 aromatic rings. The molecule has 0 aromatic heterocycles. The summed E-state index contributed by atoms with van der Waals surface area (Å²) >= 11 is 0. The van der Waals surface area contributed by atoms with Crippen LogP contribution in [0.15, 0.2) is 24.3 Å². The number of alkyl halides is 3. The van der Waals surface area contributed by atoms with Crippen LogP contribution >= 0.6 is 0 Å². The average Bonchev–Trinajstić information content (AvgIpc) is 2.27. The first-order valence-corrected chi connectivity index (χ1v) is 4.80. The largest absolute Gasteiger partial charge is 0.493 e. The molecule has 0 N–H and O–H groups in total. The summed E-state index contributed by atoms with van der Waals surface area (Å²) in [5.41, 5.74) is 0.315. The normalized spacial score (nSPS) is 11.1. The lowest BCUT2D eigenvalue weighted by Crippen LogP contribution is -2.13. The number of benzene rings is 1. The Kier molecular flexibility index (Phi) is 4.37. The SMILES string of the molecule is COC(=O)c1ccc(OCCC(F)(F)F)cc1. The second kappa shape index (κ2) is 5.56. The smallest absolute Gasteiger partial charge is 0.392 e. The summed E-state index contributed by atoms with van der Waals surface area (Å²) in [4.78, 5) is 11.1. The van der Waals surface area contributed by atoms with E-state index < -0.39 is 25.2 Å². The Labute approximate surface area is 96.1 Å². The lowest BCUT2D eigenvalue weighted by Gasteiger charge is -2.08. The highest BCUT2D eigenvalue weighted by molar-refractivity contribution is 5.89. The molecular weight excluding hydrogens is 237 g/mol. The van der Waals surface area contributed by atoms with Crippen molar-refractivity contribution in [3.63, 3.8) is 0 Å². The number of carbonyl (C=O) groups excluding carboxylic acids is 1. The zero-order chi connectivity index (χ0) is 12.9. The third-order valence-corrected chi connectivity index (χ3v) is 1.93. The number of esters is 1. The Morgan fingerprint density at radius 3 is 2.29 bits per heavy atom. The van der Waals surface area contributed by atoms with Crippen LogP contribution in [0.25, 0.3) is 0 Å². The van der Waals surface area contributed by atoms with Crippen LogP contribution in [-0.2, 0) is 4.74 Å². The fraction of sp³-hybridized carbons (Fsp3) is 0.364. The molecule has 0 unspecified atom stereocenters. The average molecular weight is 248 g/mol. The highest BCUT2D eigenvalue weighted by atomic mass is 19.4. The Bertz CT molecular complexity index is 371. The van der Waals surface area contributed by atoms with E-state index in [0.717, 1.165) is 0 Å². The summed E-state index contributed by atoms with van der Waals surface area (Å²) in [6, 6.07) is 5.69. The van der Waals surface area contributed by atoms with Crippen LogP contribution in [0.1, 0.15) is 16.8 Å². The van der Waals surface area contributed by atoms with E-state index in [9.17, 15) is 18.0 Å². The maximum absolute atomic E-state index is 11.8. The molecule has 6 heteroatoms. The van der Waals surface area contributed by atoms with Gasteiger partial charge in [-0.15, -0.1) is 0 Å². The minimum Gasteiger partial charge on any atom is -0.493 e. The van der Waals surface area contributed by atoms with Gasteiger partial charge in [0.25, 0.3) is 0 Å². The summed E-state index contributed by atoms with van der Waals surface area (Å²) in [6.07, 6.45) is -5.24. The van der Waals surface area contributed by atoms with Gasteiger partial charge in [-0.25, -0.2) is 4.79 Å². The summed E-state index contributed by atoms with van der Waals surface area (Å²) in [6.45, 7) is -0.443. The fourth-order valence-electron chi connectivity index (χ4n) is 1.09. The minimum absolute atomic E-state index is 0.280. The monoisotopic (exact) mass is 248 g/mol. The quantitative estimate of drug-likeness (QED) is 0.768. The van der Waals surface area contributed by atoms with Gasteiger partial charge in [0.05, 0.1) is 25.7 Å². The molecular formula is C11H11F3O3. The van der Waals surface area contributed by atoms with Crippen LogP contribution < -0.4 is 4.74 Å². The number of halogens is 3. The van der Waals surface area contributed by atoms with Crippen molar-refractivity contribution in [2.24, 2.45) is 0 Å². The van der Waals surface area contributed by atoms with Crippen molar-refractivity contribution in [3.8, 4) is 5.75 Å². The highest BCUT2D eigenvalue weighted by Gasteiger charge is 2.26. The zero-order valence-corrected chi connectivity index (χ0v) is 9.08. The van der Waals surface area contributed by atoms with Crippen molar-refractivity contribution in [3.05, 3.63) is 29.8 Å². The van der Waals surface area contributed by atoms with Gasteiger partial charge >= 0.3 is 12.1 Å². The maximum atomic E-state index is 11.8. The fourth-order valence-corrected chi connectivity index (χ4v) is 1.09. The van der Waals surface area contributed by atoms with Crippen LogP contribution in [0.4, 0.5) is 13.2 Å². The summed E-state index contributed by atoms with van der Waals surface area (Å²) in [5.74, 6) is -0.228. The van der Waals surface area contributed by atoms with Gasteiger partial charge in [-0.2, -0.15) is 13.2 Å². The maximum Gasteiger partial charge on any atom is 0.392 e. The molecule has 1 aromatic carbocycles. The number of carbonyl (C=O) groups is 1. The van der Waals surface area contributed by atoms with Crippen molar-refractivity contribution >= 4 is 5.97 Å². The van der Waals surface area contributed by atoms with E-state index >= 15 is 0 Å². The van der Waals surface area contributed by atoms with Gasteiger partial charge in [0.15, 0.2) is 0 Å². The van der Waals surface area contributed by atoms with Crippen LogP contribution in [-0.4, -0.2) is 25.9 Å². The molecule has 1 rings (SSSR count). The molecule has 0 atom stereocenters. The van der Waals surface area contributed by atoms with Gasteiger partial charge < -0.3 is 9.47 Å². The number of hydrogen-bond acceptors (Lipinski definition) is 3. The summed E-state index contributed by atoms with van der Waals surface area (Å²) in [7, 11) is 1.25. The lowest BCUT2D eigenvalue weighted by atomic mass is 10.2. The van der Waals surface area contributed by atoms with Crippen LogP contribution in [0.3, 0.4) is 0 Å². The predicted molar refractivity (Wildman–Crippen MR) is 53.9 cm³/mol. The van der Waals surface area contributed by atoms with Crippen molar-refractivity contribution in [2.45, 2.75) is 12.6 Å².